The molecule has 1 amide bonds. The highest BCUT2D eigenvalue weighted by Gasteiger charge is 2.29. The summed E-state index contributed by atoms with van der Waals surface area (Å²) in [5.74, 6) is 1.20. The Morgan fingerprint density at radius 1 is 1.13 bits per heavy atom. The molecule has 0 N–H and O–H groups in total. The van der Waals surface area contributed by atoms with Crippen molar-refractivity contribution in [2.45, 2.75) is 32.4 Å². The van der Waals surface area contributed by atoms with Crippen molar-refractivity contribution in [1.82, 2.24) is 9.80 Å². The number of aryl methyl sites for hydroxylation is 1. The lowest BCUT2D eigenvalue weighted by Gasteiger charge is -2.37. The molecule has 1 aromatic heterocycles. The first-order valence-corrected chi connectivity index (χ1v) is 10.2. The Balaban J connectivity index is 0.00000256. The van der Waals surface area contributed by atoms with Crippen LogP contribution in [0.2, 0.25) is 0 Å². The first kappa shape index (κ1) is 22.2. The molecule has 1 aliphatic heterocycles. The standard InChI is InChI=1S/C24H28N2O3.ClH/c1-17-4-9-22-19(14-17)15-23(29-22)24(27)26(20-10-12-25(2)13-11-20)16-18-5-7-21(28-3)8-6-18;/h4-9,14-15,20H,10-13,16H2,1-3H3;1H. The van der Waals surface area contributed by atoms with Crippen molar-refractivity contribution < 1.29 is 13.9 Å². The van der Waals surface area contributed by atoms with Gasteiger partial charge in [-0.1, -0.05) is 23.8 Å². The fourth-order valence-corrected chi connectivity index (χ4v) is 4.01. The zero-order valence-corrected chi connectivity index (χ0v) is 18.6. The number of hydrogen-bond donors (Lipinski definition) is 0. The Kier molecular flexibility index (Phi) is 7.06. The normalized spacial score (nSPS) is 15.0. The summed E-state index contributed by atoms with van der Waals surface area (Å²) >= 11 is 0. The van der Waals surface area contributed by atoms with Gasteiger partial charge in [-0.2, -0.15) is 0 Å². The highest BCUT2D eigenvalue weighted by Crippen LogP contribution is 2.26. The third-order valence-electron chi connectivity index (χ3n) is 5.78. The molecule has 0 spiro atoms. The van der Waals surface area contributed by atoms with E-state index in [4.69, 9.17) is 9.15 Å². The van der Waals surface area contributed by atoms with E-state index >= 15 is 0 Å². The SMILES string of the molecule is COc1ccc(CN(C(=O)c2cc3cc(C)ccc3o2)C2CCN(C)CC2)cc1.Cl. The molecule has 0 atom stereocenters. The number of nitrogens with zero attached hydrogens (tertiary/aromatic N) is 2. The number of amides is 1. The summed E-state index contributed by atoms with van der Waals surface area (Å²) in [5, 5.41) is 0.973. The molecule has 0 bridgehead atoms. The van der Waals surface area contributed by atoms with Crippen LogP contribution in [-0.2, 0) is 6.54 Å². The molecule has 3 aromatic rings. The monoisotopic (exact) mass is 428 g/mol. The minimum atomic E-state index is -0.0378. The molecule has 0 saturated carbocycles. The molecule has 160 valence electrons. The number of piperidine rings is 1. The van der Waals surface area contributed by atoms with Gasteiger partial charge in [0.2, 0.25) is 0 Å². The van der Waals surface area contributed by atoms with Gasteiger partial charge in [-0.05, 0) is 75.8 Å². The average molecular weight is 429 g/mol. The summed E-state index contributed by atoms with van der Waals surface area (Å²) in [6.45, 7) is 4.60. The molecule has 2 aromatic carbocycles. The van der Waals surface area contributed by atoms with Crippen LogP contribution in [0.25, 0.3) is 11.0 Å². The van der Waals surface area contributed by atoms with Gasteiger partial charge in [-0.3, -0.25) is 4.79 Å². The summed E-state index contributed by atoms with van der Waals surface area (Å²) in [4.78, 5) is 17.8. The molecule has 2 heterocycles. The van der Waals surface area contributed by atoms with Crippen molar-refractivity contribution in [1.29, 1.82) is 0 Å². The fraction of sp³-hybridized carbons (Fsp3) is 0.375. The third kappa shape index (κ3) is 4.79. The van der Waals surface area contributed by atoms with E-state index < -0.39 is 0 Å². The van der Waals surface area contributed by atoms with E-state index in [1.165, 1.54) is 0 Å². The number of carbonyl (C=O) groups excluding carboxylic acids is 1. The highest BCUT2D eigenvalue weighted by molar-refractivity contribution is 5.96. The van der Waals surface area contributed by atoms with Gasteiger partial charge in [0.1, 0.15) is 11.3 Å². The van der Waals surface area contributed by atoms with Crippen LogP contribution in [0, 0.1) is 6.92 Å². The topological polar surface area (TPSA) is 45.9 Å². The van der Waals surface area contributed by atoms with Crippen LogP contribution in [0.3, 0.4) is 0 Å². The minimum Gasteiger partial charge on any atom is -0.497 e. The van der Waals surface area contributed by atoms with E-state index in [0.29, 0.717) is 12.3 Å². The Morgan fingerprint density at radius 2 is 1.83 bits per heavy atom. The van der Waals surface area contributed by atoms with Gasteiger partial charge in [0, 0.05) is 18.0 Å². The number of carbonyl (C=O) groups is 1. The molecule has 6 heteroatoms. The van der Waals surface area contributed by atoms with Gasteiger partial charge >= 0.3 is 0 Å². The van der Waals surface area contributed by atoms with Gasteiger partial charge in [0.05, 0.1) is 7.11 Å². The number of hydrogen-bond acceptors (Lipinski definition) is 4. The average Bonchev–Trinajstić information content (AvgIpc) is 3.16. The van der Waals surface area contributed by atoms with E-state index in [9.17, 15) is 4.79 Å². The number of halogens is 1. The van der Waals surface area contributed by atoms with Gasteiger partial charge < -0.3 is 19.0 Å². The van der Waals surface area contributed by atoms with Crippen molar-refractivity contribution in [2.24, 2.45) is 0 Å². The van der Waals surface area contributed by atoms with E-state index in [1.54, 1.807) is 7.11 Å². The van der Waals surface area contributed by atoms with Crippen LogP contribution in [0.15, 0.2) is 52.9 Å². The first-order chi connectivity index (χ1) is 14.0. The van der Waals surface area contributed by atoms with Crippen LogP contribution < -0.4 is 4.74 Å². The lowest BCUT2D eigenvalue weighted by atomic mass is 10.0. The fourth-order valence-electron chi connectivity index (χ4n) is 4.01. The molecular formula is C24H29ClN2O3. The molecule has 4 rings (SSSR count). The lowest BCUT2D eigenvalue weighted by Crippen LogP contribution is -2.46. The second kappa shape index (κ2) is 9.54. The molecule has 1 saturated heterocycles. The van der Waals surface area contributed by atoms with Crippen molar-refractivity contribution in [3.63, 3.8) is 0 Å². The van der Waals surface area contributed by atoms with Gasteiger partial charge in [-0.15, -0.1) is 12.4 Å². The van der Waals surface area contributed by atoms with Gasteiger partial charge in [0.25, 0.3) is 5.91 Å². The number of furan rings is 1. The predicted molar refractivity (Wildman–Crippen MR) is 122 cm³/mol. The van der Waals surface area contributed by atoms with E-state index in [-0.39, 0.29) is 24.4 Å². The molecule has 0 unspecified atom stereocenters. The summed E-state index contributed by atoms with van der Waals surface area (Å²) in [7, 11) is 3.79. The van der Waals surface area contributed by atoms with Crippen LogP contribution in [0.5, 0.6) is 5.75 Å². The molecule has 1 fully saturated rings. The smallest absolute Gasteiger partial charge is 0.290 e. The summed E-state index contributed by atoms with van der Waals surface area (Å²) in [6, 6.07) is 16.0. The Hall–Kier alpha value is -2.50. The maximum atomic E-state index is 13.5. The van der Waals surface area contributed by atoms with Gasteiger partial charge in [-0.25, -0.2) is 0 Å². The maximum absolute atomic E-state index is 13.5. The van der Waals surface area contributed by atoms with Crippen molar-refractivity contribution in [2.75, 3.05) is 27.2 Å². The summed E-state index contributed by atoms with van der Waals surface area (Å²) in [6.07, 6.45) is 1.94. The number of rotatable bonds is 5. The molecule has 5 nitrogen and oxygen atoms in total. The first-order valence-electron chi connectivity index (χ1n) is 10.2. The van der Waals surface area contributed by atoms with Crippen molar-refractivity contribution in [3.8, 4) is 5.75 Å². The summed E-state index contributed by atoms with van der Waals surface area (Å²) in [5.41, 5.74) is 3.00. The van der Waals surface area contributed by atoms with E-state index in [2.05, 4.69) is 18.0 Å². The third-order valence-corrected chi connectivity index (χ3v) is 5.78. The number of fused-ring (bicyclic) bond motifs is 1. The quantitative estimate of drug-likeness (QED) is 0.579. The maximum Gasteiger partial charge on any atom is 0.290 e. The second-order valence-corrected chi connectivity index (χ2v) is 7.97. The Morgan fingerprint density at radius 3 is 2.50 bits per heavy atom. The predicted octanol–water partition coefficient (Wildman–Crippen LogP) is 4.91. The van der Waals surface area contributed by atoms with Gasteiger partial charge in [0.15, 0.2) is 5.76 Å². The van der Waals surface area contributed by atoms with Crippen LogP contribution in [0.1, 0.15) is 34.5 Å². The molecular weight excluding hydrogens is 400 g/mol. The van der Waals surface area contributed by atoms with Crippen LogP contribution >= 0.6 is 12.4 Å². The van der Waals surface area contributed by atoms with E-state index in [1.807, 2.05) is 54.3 Å². The second-order valence-electron chi connectivity index (χ2n) is 7.97. The molecule has 30 heavy (non-hydrogen) atoms. The Labute approximate surface area is 184 Å². The Bertz CT molecular complexity index is 991. The molecule has 0 radical (unpaired) electrons. The summed E-state index contributed by atoms with van der Waals surface area (Å²) < 4.78 is 11.2. The highest BCUT2D eigenvalue weighted by atomic mass is 35.5. The van der Waals surface area contributed by atoms with Crippen molar-refractivity contribution in [3.05, 3.63) is 65.4 Å². The molecule has 0 aliphatic carbocycles. The van der Waals surface area contributed by atoms with Crippen LogP contribution in [-0.4, -0.2) is 49.0 Å². The number of ether oxygens (including phenoxy) is 1. The number of likely N-dealkylation sites (tertiary alicyclic amines) is 1. The number of benzene rings is 2. The number of methoxy groups -OCH3 is 1. The van der Waals surface area contributed by atoms with Crippen LogP contribution in [0.4, 0.5) is 0 Å². The lowest BCUT2D eigenvalue weighted by molar-refractivity contribution is 0.0540. The zero-order chi connectivity index (χ0) is 20.4. The zero-order valence-electron chi connectivity index (χ0n) is 17.8. The van der Waals surface area contributed by atoms with E-state index in [0.717, 1.165) is 53.8 Å². The largest absolute Gasteiger partial charge is 0.497 e. The molecule has 1 aliphatic rings. The minimum absolute atomic E-state index is 0. The van der Waals surface area contributed by atoms with Crippen molar-refractivity contribution >= 4 is 29.3 Å².